The molecule has 0 aromatic rings. The van der Waals surface area contributed by atoms with Crippen molar-refractivity contribution in [1.29, 1.82) is 0 Å². The lowest BCUT2D eigenvalue weighted by Crippen LogP contribution is -2.27. The topological polar surface area (TPSA) is 37.3 Å². The fourth-order valence-corrected chi connectivity index (χ4v) is 1.16. The number of carboxylic acid groups (broad SMARTS) is 1. The molecule has 0 aliphatic heterocycles. The minimum atomic E-state index is -0.670. The second-order valence-electron chi connectivity index (χ2n) is 3.08. The molecule has 0 fully saturated rings. The minimum Gasteiger partial charge on any atom is -0.481 e. The molecule has 0 aromatic heterocycles. The van der Waals surface area contributed by atoms with Crippen molar-refractivity contribution in [3.63, 3.8) is 0 Å². The Bertz CT molecular complexity index is 172. The zero-order valence-corrected chi connectivity index (χ0v) is 6.13. The molecule has 0 amide bonds. The number of aliphatic carboxylic acids is 1. The molecule has 2 heteroatoms. The van der Waals surface area contributed by atoms with E-state index in [0.717, 1.165) is 12.8 Å². The van der Waals surface area contributed by atoms with Crippen LogP contribution in [-0.2, 0) is 4.79 Å². The van der Waals surface area contributed by atoms with Crippen molar-refractivity contribution in [1.82, 2.24) is 0 Å². The van der Waals surface area contributed by atoms with Gasteiger partial charge in [-0.2, -0.15) is 0 Å². The van der Waals surface area contributed by atoms with Gasteiger partial charge in [0.05, 0.1) is 5.41 Å². The predicted octanol–water partition coefficient (Wildman–Crippen LogP) is 1.82. The Morgan fingerprint density at radius 2 is 2.30 bits per heavy atom. The maximum atomic E-state index is 10.6. The Morgan fingerprint density at radius 1 is 1.60 bits per heavy atom. The van der Waals surface area contributed by atoms with E-state index >= 15 is 0 Å². The van der Waals surface area contributed by atoms with Gasteiger partial charge in [-0.25, -0.2) is 0 Å². The number of carbonyl (C=O) groups is 1. The van der Waals surface area contributed by atoms with Crippen LogP contribution in [0.3, 0.4) is 0 Å². The summed E-state index contributed by atoms with van der Waals surface area (Å²) in [6.45, 7) is 1.80. The third kappa shape index (κ3) is 1.20. The molecular weight excluding hydrogens is 128 g/mol. The lowest BCUT2D eigenvalue weighted by Gasteiger charge is -2.25. The molecule has 56 valence electrons. The van der Waals surface area contributed by atoms with E-state index in [-0.39, 0.29) is 0 Å². The molecule has 0 heterocycles. The van der Waals surface area contributed by atoms with Gasteiger partial charge < -0.3 is 5.11 Å². The van der Waals surface area contributed by atoms with E-state index in [1.54, 1.807) is 6.92 Å². The zero-order valence-electron chi connectivity index (χ0n) is 6.13. The van der Waals surface area contributed by atoms with Gasteiger partial charge in [-0.15, -0.1) is 0 Å². The monoisotopic (exact) mass is 140 g/mol. The molecule has 0 unspecified atom stereocenters. The average molecular weight is 140 g/mol. The summed E-state index contributed by atoms with van der Waals surface area (Å²) in [6.07, 6.45) is 6.37. The van der Waals surface area contributed by atoms with Crippen molar-refractivity contribution in [3.8, 4) is 0 Å². The molecule has 0 aromatic carbocycles. The summed E-state index contributed by atoms with van der Waals surface area (Å²) >= 11 is 0. The smallest absolute Gasteiger partial charge is 0.309 e. The van der Waals surface area contributed by atoms with Crippen LogP contribution in [0.5, 0.6) is 0 Å². The third-order valence-corrected chi connectivity index (χ3v) is 2.11. The second-order valence-corrected chi connectivity index (χ2v) is 3.08. The molecule has 2 nitrogen and oxygen atoms in total. The lowest BCUT2D eigenvalue weighted by molar-refractivity contribution is -0.148. The van der Waals surface area contributed by atoms with Crippen LogP contribution in [-0.4, -0.2) is 11.1 Å². The number of carboxylic acids is 1. The molecule has 0 saturated carbocycles. The van der Waals surface area contributed by atoms with E-state index in [9.17, 15) is 4.79 Å². The molecule has 0 spiro atoms. The van der Waals surface area contributed by atoms with E-state index in [1.165, 1.54) is 0 Å². The summed E-state index contributed by atoms with van der Waals surface area (Å²) in [6, 6.07) is 0. The Morgan fingerprint density at radius 3 is 2.60 bits per heavy atom. The summed E-state index contributed by atoms with van der Waals surface area (Å²) in [4.78, 5) is 10.6. The van der Waals surface area contributed by atoms with E-state index in [1.807, 2.05) is 12.2 Å². The maximum Gasteiger partial charge on any atom is 0.309 e. The molecular formula is C8H12O2. The molecule has 1 atom stereocenters. The third-order valence-electron chi connectivity index (χ3n) is 2.11. The van der Waals surface area contributed by atoms with Gasteiger partial charge in [-0.1, -0.05) is 12.2 Å². The normalized spacial score (nSPS) is 32.1. The van der Waals surface area contributed by atoms with Crippen molar-refractivity contribution in [2.75, 3.05) is 0 Å². The first-order valence-electron chi connectivity index (χ1n) is 3.53. The van der Waals surface area contributed by atoms with Gasteiger partial charge in [-0.3, -0.25) is 4.79 Å². The largest absolute Gasteiger partial charge is 0.481 e. The minimum absolute atomic E-state index is 0.491. The van der Waals surface area contributed by atoms with Gasteiger partial charge in [0.25, 0.3) is 0 Å². The predicted molar refractivity (Wildman–Crippen MR) is 38.7 cm³/mol. The van der Waals surface area contributed by atoms with Crippen molar-refractivity contribution in [2.24, 2.45) is 5.41 Å². The molecule has 0 saturated heterocycles. The van der Waals surface area contributed by atoms with Gasteiger partial charge in [-0.05, 0) is 26.2 Å². The maximum absolute atomic E-state index is 10.6. The van der Waals surface area contributed by atoms with Crippen molar-refractivity contribution < 1.29 is 9.90 Å². The van der Waals surface area contributed by atoms with Crippen molar-refractivity contribution in [3.05, 3.63) is 12.2 Å². The molecule has 1 rings (SSSR count). The summed E-state index contributed by atoms with van der Waals surface area (Å²) in [5, 5.41) is 8.76. The van der Waals surface area contributed by atoms with Crippen LogP contribution in [0.1, 0.15) is 26.2 Å². The number of allylic oxidation sites excluding steroid dienone is 2. The highest BCUT2D eigenvalue weighted by Crippen LogP contribution is 2.31. The molecule has 1 aliphatic rings. The Hall–Kier alpha value is -0.790. The van der Waals surface area contributed by atoms with Crippen molar-refractivity contribution >= 4 is 5.97 Å². The van der Waals surface area contributed by atoms with Gasteiger partial charge in [0.1, 0.15) is 0 Å². The molecule has 1 aliphatic carbocycles. The highest BCUT2D eigenvalue weighted by Gasteiger charge is 2.32. The van der Waals surface area contributed by atoms with Gasteiger partial charge >= 0.3 is 5.97 Å². The Labute approximate surface area is 60.6 Å². The summed E-state index contributed by atoms with van der Waals surface area (Å²) in [5.41, 5.74) is -0.491. The van der Waals surface area contributed by atoms with Crippen LogP contribution < -0.4 is 0 Å². The Balaban J connectivity index is 2.68. The summed E-state index contributed by atoms with van der Waals surface area (Å²) in [7, 11) is 0. The molecule has 0 bridgehead atoms. The lowest BCUT2D eigenvalue weighted by atomic mass is 9.79. The first-order valence-corrected chi connectivity index (χ1v) is 3.53. The summed E-state index contributed by atoms with van der Waals surface area (Å²) in [5.74, 6) is -0.670. The first-order chi connectivity index (χ1) is 4.65. The van der Waals surface area contributed by atoms with E-state index < -0.39 is 11.4 Å². The van der Waals surface area contributed by atoms with E-state index in [4.69, 9.17) is 5.11 Å². The average Bonchev–Trinajstić information content (AvgIpc) is 1.89. The van der Waals surface area contributed by atoms with Gasteiger partial charge in [0.15, 0.2) is 0 Å². The molecule has 0 radical (unpaired) electrons. The SMILES string of the molecule is C[C@@]1(C(=O)O)CC=CCC1. The summed E-state index contributed by atoms with van der Waals surface area (Å²) < 4.78 is 0. The standard InChI is InChI=1S/C8H12O2/c1-8(7(9)10)5-3-2-4-6-8/h2-3H,4-6H2,1H3,(H,9,10)/t8-/m1/s1. The zero-order chi connectivity index (χ0) is 7.61. The van der Waals surface area contributed by atoms with E-state index in [0.29, 0.717) is 6.42 Å². The van der Waals surface area contributed by atoms with Crippen LogP contribution in [0.25, 0.3) is 0 Å². The highest BCUT2D eigenvalue weighted by molar-refractivity contribution is 5.74. The van der Waals surface area contributed by atoms with Gasteiger partial charge in [0.2, 0.25) is 0 Å². The fraction of sp³-hybridized carbons (Fsp3) is 0.625. The number of hydrogen-bond donors (Lipinski definition) is 1. The number of rotatable bonds is 1. The van der Waals surface area contributed by atoms with E-state index in [2.05, 4.69) is 0 Å². The van der Waals surface area contributed by atoms with Crippen molar-refractivity contribution in [2.45, 2.75) is 26.2 Å². The number of hydrogen-bond acceptors (Lipinski definition) is 1. The van der Waals surface area contributed by atoms with Crippen LogP contribution in [0.15, 0.2) is 12.2 Å². The quantitative estimate of drug-likeness (QED) is 0.564. The van der Waals surface area contributed by atoms with Crippen LogP contribution in [0, 0.1) is 5.41 Å². The fourth-order valence-electron chi connectivity index (χ4n) is 1.16. The van der Waals surface area contributed by atoms with Gasteiger partial charge in [0, 0.05) is 0 Å². The van der Waals surface area contributed by atoms with Crippen LogP contribution in [0.2, 0.25) is 0 Å². The van der Waals surface area contributed by atoms with Crippen LogP contribution in [0.4, 0.5) is 0 Å². The first kappa shape index (κ1) is 7.32. The Kier molecular flexibility index (Phi) is 1.79. The molecule has 1 N–H and O–H groups in total. The highest BCUT2D eigenvalue weighted by atomic mass is 16.4. The second kappa shape index (κ2) is 2.45. The van der Waals surface area contributed by atoms with Crippen LogP contribution >= 0.6 is 0 Å². The molecule has 10 heavy (non-hydrogen) atoms.